The second-order valence-electron chi connectivity index (χ2n) is 5.45. The molecule has 5 heteroatoms. The van der Waals surface area contributed by atoms with Gasteiger partial charge in [0.1, 0.15) is 5.82 Å². The van der Waals surface area contributed by atoms with Gasteiger partial charge in [-0.2, -0.15) is 0 Å². The lowest BCUT2D eigenvalue weighted by Gasteiger charge is -2.20. The van der Waals surface area contributed by atoms with Gasteiger partial charge >= 0.3 is 0 Å². The van der Waals surface area contributed by atoms with Crippen molar-refractivity contribution in [3.63, 3.8) is 0 Å². The van der Waals surface area contributed by atoms with E-state index in [0.717, 1.165) is 22.4 Å². The summed E-state index contributed by atoms with van der Waals surface area (Å²) in [5.74, 6) is 1.43. The zero-order chi connectivity index (χ0) is 13.5. The maximum atomic E-state index is 6.37. The summed E-state index contributed by atoms with van der Waals surface area (Å²) in [6, 6.07) is 7.93. The van der Waals surface area contributed by atoms with E-state index in [1.165, 1.54) is 32.1 Å². The Labute approximate surface area is 121 Å². The average molecular weight is 287 g/mol. The van der Waals surface area contributed by atoms with Crippen molar-refractivity contribution in [1.82, 2.24) is 19.6 Å². The van der Waals surface area contributed by atoms with E-state index in [0.29, 0.717) is 11.2 Å². The fourth-order valence-electron chi connectivity index (χ4n) is 3.19. The molecule has 1 aromatic carbocycles. The Bertz CT molecular complexity index is 774. The second-order valence-corrected chi connectivity index (χ2v) is 5.79. The highest BCUT2D eigenvalue weighted by Gasteiger charge is 2.23. The first-order valence-corrected chi connectivity index (χ1v) is 7.51. The molecule has 0 unspecified atom stereocenters. The molecule has 4 rings (SSSR count). The lowest BCUT2D eigenvalue weighted by molar-refractivity contribution is 0.426. The Balaban J connectivity index is 1.97. The molecule has 0 atom stereocenters. The number of para-hydroxylation sites is 1. The zero-order valence-electron chi connectivity index (χ0n) is 11.1. The van der Waals surface area contributed by atoms with Crippen molar-refractivity contribution in [1.29, 1.82) is 0 Å². The van der Waals surface area contributed by atoms with Crippen LogP contribution in [0.15, 0.2) is 24.3 Å². The number of aromatic nitrogens is 4. The summed E-state index contributed by atoms with van der Waals surface area (Å²) >= 11 is 6.37. The third-order valence-electron chi connectivity index (χ3n) is 4.20. The first-order chi connectivity index (χ1) is 9.84. The van der Waals surface area contributed by atoms with Crippen molar-refractivity contribution < 1.29 is 0 Å². The van der Waals surface area contributed by atoms with Crippen LogP contribution in [0, 0.1) is 0 Å². The summed E-state index contributed by atoms with van der Waals surface area (Å²) in [5, 5.41) is 10.3. The molecule has 2 aromatic heterocycles. The number of benzene rings is 1. The van der Waals surface area contributed by atoms with E-state index in [2.05, 4.69) is 15.2 Å². The zero-order valence-corrected chi connectivity index (χ0v) is 11.8. The molecule has 1 aliphatic rings. The highest BCUT2D eigenvalue weighted by molar-refractivity contribution is 6.29. The van der Waals surface area contributed by atoms with Gasteiger partial charge < -0.3 is 0 Å². The molecule has 20 heavy (non-hydrogen) atoms. The second kappa shape index (κ2) is 4.70. The van der Waals surface area contributed by atoms with Crippen LogP contribution in [0.3, 0.4) is 0 Å². The van der Waals surface area contributed by atoms with Crippen molar-refractivity contribution >= 4 is 28.2 Å². The predicted octanol–water partition coefficient (Wildman–Crippen LogP) is 3.98. The van der Waals surface area contributed by atoms with Gasteiger partial charge in [0.25, 0.3) is 0 Å². The molecule has 0 N–H and O–H groups in total. The van der Waals surface area contributed by atoms with E-state index in [9.17, 15) is 0 Å². The van der Waals surface area contributed by atoms with Crippen molar-refractivity contribution in [2.45, 2.75) is 38.0 Å². The van der Waals surface area contributed by atoms with Crippen LogP contribution in [0.4, 0.5) is 0 Å². The summed E-state index contributed by atoms with van der Waals surface area (Å²) in [6.45, 7) is 0. The van der Waals surface area contributed by atoms with Crippen LogP contribution in [0.1, 0.15) is 43.8 Å². The van der Waals surface area contributed by atoms with Crippen molar-refractivity contribution in [3.8, 4) is 0 Å². The lowest BCUT2D eigenvalue weighted by atomic mass is 9.89. The van der Waals surface area contributed by atoms with Gasteiger partial charge in [0, 0.05) is 11.3 Å². The molecule has 1 saturated carbocycles. The van der Waals surface area contributed by atoms with E-state index in [1.54, 1.807) is 0 Å². The van der Waals surface area contributed by atoms with E-state index in [-0.39, 0.29) is 0 Å². The number of rotatable bonds is 1. The summed E-state index contributed by atoms with van der Waals surface area (Å²) in [6.07, 6.45) is 6.19. The molecule has 102 valence electrons. The van der Waals surface area contributed by atoms with E-state index < -0.39 is 0 Å². The molecule has 0 aliphatic heterocycles. The largest absolute Gasteiger partial charge is 0.252 e. The van der Waals surface area contributed by atoms with E-state index in [4.69, 9.17) is 11.6 Å². The molecular weight excluding hydrogens is 272 g/mol. The monoisotopic (exact) mass is 286 g/mol. The molecule has 1 fully saturated rings. The third-order valence-corrected chi connectivity index (χ3v) is 4.45. The van der Waals surface area contributed by atoms with Crippen LogP contribution in [0.25, 0.3) is 16.6 Å². The molecule has 0 radical (unpaired) electrons. The van der Waals surface area contributed by atoms with Crippen LogP contribution in [0.5, 0.6) is 0 Å². The van der Waals surface area contributed by atoms with Gasteiger partial charge in [0.05, 0.1) is 5.52 Å². The normalized spacial score (nSPS) is 17.1. The minimum Gasteiger partial charge on any atom is -0.252 e. The van der Waals surface area contributed by atoms with Gasteiger partial charge in [-0.05, 0) is 36.6 Å². The summed E-state index contributed by atoms with van der Waals surface area (Å²) in [5.41, 5.74) is 1.69. The minimum atomic E-state index is 0.458. The van der Waals surface area contributed by atoms with Gasteiger partial charge in [-0.25, -0.2) is 4.98 Å². The SMILES string of the molecule is Clc1nc2ccccc2c2nnc(C3CCCCC3)n12. The molecule has 1 aliphatic carbocycles. The summed E-state index contributed by atoms with van der Waals surface area (Å²) in [7, 11) is 0. The Morgan fingerprint density at radius 3 is 2.70 bits per heavy atom. The number of hydrogen-bond donors (Lipinski definition) is 0. The smallest absolute Gasteiger partial charge is 0.210 e. The van der Waals surface area contributed by atoms with Gasteiger partial charge in [0.15, 0.2) is 5.65 Å². The highest BCUT2D eigenvalue weighted by atomic mass is 35.5. The molecule has 3 aromatic rings. The molecule has 0 bridgehead atoms. The standard InChI is InChI=1S/C15H15ClN4/c16-15-17-12-9-5-4-8-11(12)14-19-18-13(20(14)15)10-6-2-1-3-7-10/h4-5,8-10H,1-3,6-7H2. The molecule has 4 nitrogen and oxygen atoms in total. The number of hydrogen-bond acceptors (Lipinski definition) is 3. The maximum Gasteiger partial charge on any atom is 0.210 e. The quantitative estimate of drug-likeness (QED) is 0.636. The predicted molar refractivity (Wildman–Crippen MR) is 79.1 cm³/mol. The van der Waals surface area contributed by atoms with Crippen LogP contribution in [-0.2, 0) is 0 Å². The fourth-order valence-corrected chi connectivity index (χ4v) is 3.45. The lowest BCUT2D eigenvalue weighted by Crippen LogP contribution is -2.09. The van der Waals surface area contributed by atoms with Crippen molar-refractivity contribution in [2.75, 3.05) is 0 Å². The highest BCUT2D eigenvalue weighted by Crippen LogP contribution is 2.33. The van der Waals surface area contributed by atoms with E-state index in [1.807, 2.05) is 28.7 Å². The fraction of sp³-hybridized carbons (Fsp3) is 0.400. The van der Waals surface area contributed by atoms with Gasteiger partial charge in [-0.3, -0.25) is 4.40 Å². The van der Waals surface area contributed by atoms with Gasteiger partial charge in [-0.15, -0.1) is 10.2 Å². The average Bonchev–Trinajstić information content (AvgIpc) is 2.94. The van der Waals surface area contributed by atoms with Crippen molar-refractivity contribution in [3.05, 3.63) is 35.4 Å². The Kier molecular flexibility index (Phi) is 2.84. The molecule has 0 spiro atoms. The van der Waals surface area contributed by atoms with Crippen molar-refractivity contribution in [2.24, 2.45) is 0 Å². The van der Waals surface area contributed by atoms with Gasteiger partial charge in [0.2, 0.25) is 5.28 Å². The Morgan fingerprint density at radius 2 is 1.85 bits per heavy atom. The number of nitrogens with zero attached hydrogens (tertiary/aromatic N) is 4. The Morgan fingerprint density at radius 1 is 1.05 bits per heavy atom. The first-order valence-electron chi connectivity index (χ1n) is 7.14. The first kappa shape index (κ1) is 12.1. The maximum absolute atomic E-state index is 6.37. The number of halogens is 1. The molecule has 2 heterocycles. The van der Waals surface area contributed by atoms with Crippen LogP contribution in [-0.4, -0.2) is 19.6 Å². The topological polar surface area (TPSA) is 43.1 Å². The van der Waals surface area contributed by atoms with Crippen LogP contribution < -0.4 is 0 Å². The van der Waals surface area contributed by atoms with Gasteiger partial charge in [-0.1, -0.05) is 31.4 Å². The Hall–Kier alpha value is -1.68. The molecular formula is C15H15ClN4. The minimum absolute atomic E-state index is 0.458. The van der Waals surface area contributed by atoms with Crippen LogP contribution >= 0.6 is 11.6 Å². The summed E-state index contributed by atoms with van der Waals surface area (Å²) < 4.78 is 1.93. The molecule has 0 amide bonds. The summed E-state index contributed by atoms with van der Waals surface area (Å²) in [4.78, 5) is 4.48. The van der Waals surface area contributed by atoms with E-state index >= 15 is 0 Å². The third kappa shape index (κ3) is 1.79. The van der Waals surface area contributed by atoms with Crippen LogP contribution in [0.2, 0.25) is 5.28 Å². The molecule has 0 saturated heterocycles. The number of fused-ring (bicyclic) bond motifs is 3.